The molecule has 0 N–H and O–H groups in total. The third-order valence-corrected chi connectivity index (χ3v) is 5.75. The van der Waals surface area contributed by atoms with E-state index in [-0.39, 0.29) is 32.8 Å². The minimum atomic E-state index is -4.63. The highest BCUT2D eigenvalue weighted by atomic mass is 19.4. The molecular weight excluding hydrogens is 397 g/mol. The maximum atomic E-state index is 14.1. The van der Waals surface area contributed by atoms with Gasteiger partial charge in [-0.1, -0.05) is 36.4 Å². The van der Waals surface area contributed by atoms with Crippen molar-refractivity contribution in [3.05, 3.63) is 59.7 Å². The third kappa shape index (κ3) is 3.84. The van der Waals surface area contributed by atoms with Gasteiger partial charge in [0, 0.05) is 26.7 Å². The highest BCUT2D eigenvalue weighted by molar-refractivity contribution is 5.84. The second-order valence-corrected chi connectivity index (χ2v) is 7.87. The molecular formula is C22H23F3N2O3. The van der Waals surface area contributed by atoms with Gasteiger partial charge in [-0.3, -0.25) is 9.69 Å². The molecule has 0 bridgehead atoms. The number of ether oxygens (including phenoxy) is 2. The van der Waals surface area contributed by atoms with Crippen LogP contribution in [0.15, 0.2) is 48.5 Å². The molecule has 30 heavy (non-hydrogen) atoms. The van der Waals surface area contributed by atoms with Crippen LogP contribution < -0.4 is 9.47 Å². The van der Waals surface area contributed by atoms with Gasteiger partial charge in [-0.2, -0.15) is 13.2 Å². The van der Waals surface area contributed by atoms with E-state index in [9.17, 15) is 18.0 Å². The van der Waals surface area contributed by atoms with E-state index in [4.69, 9.17) is 9.47 Å². The van der Waals surface area contributed by atoms with Crippen molar-refractivity contribution < 1.29 is 27.4 Å². The normalized spacial score (nSPS) is 21.1. The Morgan fingerprint density at radius 2 is 1.83 bits per heavy atom. The van der Waals surface area contributed by atoms with Crippen LogP contribution in [0.25, 0.3) is 0 Å². The van der Waals surface area contributed by atoms with Crippen LogP contribution in [0.1, 0.15) is 17.5 Å². The van der Waals surface area contributed by atoms with Gasteiger partial charge >= 0.3 is 6.18 Å². The Balaban J connectivity index is 1.50. The monoisotopic (exact) mass is 420 g/mol. The number of nitrogens with zero attached hydrogens (tertiary/aromatic N) is 2. The topological polar surface area (TPSA) is 42.0 Å². The van der Waals surface area contributed by atoms with Gasteiger partial charge < -0.3 is 14.4 Å². The van der Waals surface area contributed by atoms with E-state index in [0.717, 1.165) is 10.5 Å². The molecule has 1 fully saturated rings. The van der Waals surface area contributed by atoms with Crippen LogP contribution >= 0.6 is 0 Å². The predicted octanol–water partition coefficient (Wildman–Crippen LogP) is 3.83. The maximum absolute atomic E-state index is 14.1. The lowest BCUT2D eigenvalue weighted by molar-refractivity contribution is -0.223. The first-order chi connectivity index (χ1) is 14.3. The van der Waals surface area contributed by atoms with E-state index in [0.29, 0.717) is 23.6 Å². The molecule has 4 rings (SSSR count). The van der Waals surface area contributed by atoms with E-state index in [1.807, 2.05) is 30.3 Å². The van der Waals surface area contributed by atoms with Gasteiger partial charge in [0.15, 0.2) is 16.9 Å². The molecule has 0 radical (unpaired) electrons. The lowest BCUT2D eigenvalue weighted by Crippen LogP contribution is -2.52. The van der Waals surface area contributed by atoms with Gasteiger partial charge in [-0.25, -0.2) is 0 Å². The average molecular weight is 420 g/mol. The summed E-state index contributed by atoms with van der Waals surface area (Å²) in [7, 11) is 1.42. The Hall–Kier alpha value is -2.74. The van der Waals surface area contributed by atoms with Crippen LogP contribution in [0.3, 0.4) is 0 Å². The molecule has 8 heteroatoms. The first-order valence-corrected chi connectivity index (χ1v) is 9.76. The summed E-state index contributed by atoms with van der Waals surface area (Å²) in [5.74, 6) is 0.226. The molecule has 0 saturated carbocycles. The Kier molecular flexibility index (Phi) is 5.36. The van der Waals surface area contributed by atoms with Gasteiger partial charge in [-0.15, -0.1) is 0 Å². The molecule has 1 atom stereocenters. The van der Waals surface area contributed by atoms with E-state index < -0.39 is 17.5 Å². The number of rotatable bonds is 5. The third-order valence-electron chi connectivity index (χ3n) is 5.75. The SMILES string of the molecule is CN(Cc1ccc2c(c1)OCO2)C(=O)[C@]1(C(F)(F)F)CCN(Cc2ccccc2)C1. The number of benzene rings is 2. The number of halogens is 3. The molecule has 0 spiro atoms. The zero-order valence-corrected chi connectivity index (χ0v) is 16.6. The summed E-state index contributed by atoms with van der Waals surface area (Å²) in [6, 6.07) is 14.5. The summed E-state index contributed by atoms with van der Waals surface area (Å²) in [5.41, 5.74) is -0.782. The largest absolute Gasteiger partial charge is 0.454 e. The van der Waals surface area contributed by atoms with Gasteiger partial charge in [0.25, 0.3) is 0 Å². The Labute approximate surface area is 173 Å². The van der Waals surface area contributed by atoms with Crippen LogP contribution in [0, 0.1) is 5.41 Å². The number of carbonyl (C=O) groups excluding carboxylic acids is 1. The minimum Gasteiger partial charge on any atom is -0.454 e. The van der Waals surface area contributed by atoms with Gasteiger partial charge in [0.1, 0.15) is 0 Å². The molecule has 0 unspecified atom stereocenters. The standard InChI is InChI=1S/C22H23F3N2O3/c1-26(12-17-7-8-18-19(11-17)30-15-29-18)20(28)21(22(23,24)25)9-10-27(14-21)13-16-5-3-2-4-6-16/h2-8,11H,9-10,12-15H2,1H3/t21-/m0/s1. The fourth-order valence-corrected chi connectivity index (χ4v) is 4.14. The number of hydrogen-bond donors (Lipinski definition) is 0. The number of hydrogen-bond acceptors (Lipinski definition) is 4. The number of carbonyl (C=O) groups is 1. The zero-order valence-electron chi connectivity index (χ0n) is 16.6. The molecule has 2 aromatic carbocycles. The number of alkyl halides is 3. The Bertz CT molecular complexity index is 920. The van der Waals surface area contributed by atoms with Gasteiger partial charge in [0.2, 0.25) is 12.7 Å². The van der Waals surface area contributed by atoms with Gasteiger partial charge in [0.05, 0.1) is 0 Å². The number of amides is 1. The van der Waals surface area contributed by atoms with Crippen molar-refractivity contribution in [1.29, 1.82) is 0 Å². The first-order valence-electron chi connectivity index (χ1n) is 9.76. The molecule has 2 aromatic rings. The van der Waals surface area contributed by atoms with Crippen molar-refractivity contribution in [3.63, 3.8) is 0 Å². The lowest BCUT2D eigenvalue weighted by Gasteiger charge is -2.34. The summed E-state index contributed by atoms with van der Waals surface area (Å²) in [4.78, 5) is 15.9. The second kappa shape index (κ2) is 7.83. The van der Waals surface area contributed by atoms with Crippen molar-refractivity contribution in [2.24, 2.45) is 5.41 Å². The smallest absolute Gasteiger partial charge is 0.404 e. The van der Waals surface area contributed by atoms with Crippen LogP contribution in [0.2, 0.25) is 0 Å². The van der Waals surface area contributed by atoms with Crippen LogP contribution in [0.5, 0.6) is 11.5 Å². The fourth-order valence-electron chi connectivity index (χ4n) is 4.14. The second-order valence-electron chi connectivity index (χ2n) is 7.87. The zero-order chi connectivity index (χ0) is 21.4. The first kappa shape index (κ1) is 20.5. The van der Waals surface area contributed by atoms with Crippen LogP contribution in [0.4, 0.5) is 13.2 Å². The van der Waals surface area contributed by atoms with Crippen molar-refractivity contribution >= 4 is 5.91 Å². The molecule has 2 aliphatic heterocycles. The van der Waals surface area contributed by atoms with Crippen molar-refractivity contribution in [2.45, 2.75) is 25.7 Å². The van der Waals surface area contributed by atoms with Crippen LogP contribution in [-0.4, -0.2) is 48.8 Å². The average Bonchev–Trinajstić information content (AvgIpc) is 3.35. The van der Waals surface area contributed by atoms with Crippen molar-refractivity contribution in [3.8, 4) is 11.5 Å². The molecule has 0 aromatic heterocycles. The highest BCUT2D eigenvalue weighted by Gasteiger charge is 2.63. The quantitative estimate of drug-likeness (QED) is 0.738. The van der Waals surface area contributed by atoms with E-state index in [2.05, 4.69) is 0 Å². The summed E-state index contributed by atoms with van der Waals surface area (Å²) < 4.78 is 53.0. The van der Waals surface area contributed by atoms with E-state index in [1.54, 1.807) is 23.1 Å². The predicted molar refractivity (Wildman–Crippen MR) is 104 cm³/mol. The van der Waals surface area contributed by atoms with Crippen LogP contribution in [-0.2, 0) is 17.9 Å². The minimum absolute atomic E-state index is 0.0615. The fraction of sp³-hybridized carbons (Fsp3) is 0.409. The van der Waals surface area contributed by atoms with Crippen molar-refractivity contribution in [2.75, 3.05) is 26.9 Å². The van der Waals surface area contributed by atoms with Crippen molar-refractivity contribution in [1.82, 2.24) is 9.80 Å². The lowest BCUT2D eigenvalue weighted by atomic mass is 9.84. The molecule has 160 valence electrons. The molecule has 1 saturated heterocycles. The number of fused-ring (bicyclic) bond motifs is 1. The van der Waals surface area contributed by atoms with E-state index >= 15 is 0 Å². The molecule has 1 amide bonds. The summed E-state index contributed by atoms with van der Waals surface area (Å²) in [5, 5.41) is 0. The molecule has 2 aliphatic rings. The summed E-state index contributed by atoms with van der Waals surface area (Å²) in [6.45, 7) is 0.444. The molecule has 0 aliphatic carbocycles. The number of likely N-dealkylation sites (tertiary alicyclic amines) is 1. The van der Waals surface area contributed by atoms with Gasteiger partial charge in [-0.05, 0) is 36.2 Å². The maximum Gasteiger partial charge on any atom is 0.404 e. The Morgan fingerprint density at radius 1 is 1.10 bits per heavy atom. The Morgan fingerprint density at radius 3 is 2.57 bits per heavy atom. The molecule has 5 nitrogen and oxygen atoms in total. The summed E-state index contributed by atoms with van der Waals surface area (Å²) in [6.07, 6.45) is -4.87. The van der Waals surface area contributed by atoms with E-state index in [1.165, 1.54) is 7.05 Å². The molecule has 2 heterocycles. The summed E-state index contributed by atoms with van der Waals surface area (Å²) >= 11 is 0. The highest BCUT2D eigenvalue weighted by Crippen LogP contribution is 2.47.